The van der Waals surface area contributed by atoms with Crippen LogP contribution >= 0.6 is 0 Å². The molecule has 60 heavy (non-hydrogen) atoms. The number of esters is 3. The number of methoxy groups -OCH3 is 1. The standard InChI is InChI=1S/C19H16O3.C17H18O3.C16H16O2/c1-12(20)19(21)22-13(2)18-16-9-5-3-7-14(16)11-15-8-4-6-10-17(15)18;1-11(2)17(18)20-12(3)13-5-6-15-10-16(19-4)8-7-14(15)9-13;1-11(2)16(17)18-12(3)14-10-6-8-13-7-4-5-9-15(13)14/h3-11,13H,1-2H3;5-10,12H,1H2,2-4H3;4-10,12H,1H2,2-3H3. The van der Waals surface area contributed by atoms with Gasteiger partial charge >= 0.3 is 17.9 Å². The van der Waals surface area contributed by atoms with Gasteiger partial charge in [0.1, 0.15) is 24.1 Å². The maximum absolute atomic E-state index is 11.6. The Labute approximate surface area is 351 Å². The van der Waals surface area contributed by atoms with Crippen molar-refractivity contribution in [1.82, 2.24) is 0 Å². The maximum Gasteiger partial charge on any atom is 0.374 e. The quantitative estimate of drug-likeness (QED) is 0.0442. The zero-order chi connectivity index (χ0) is 43.5. The monoisotopic (exact) mass is 802 g/mol. The number of ketones is 1. The molecule has 0 radical (unpaired) electrons. The number of fused-ring (bicyclic) bond motifs is 4. The number of carbonyl (C=O) groups excluding carboxylic acids is 4. The topological polar surface area (TPSA) is 105 Å². The first-order valence-electron chi connectivity index (χ1n) is 19.6. The first kappa shape index (κ1) is 44.1. The van der Waals surface area contributed by atoms with Gasteiger partial charge in [0.2, 0.25) is 5.78 Å². The minimum Gasteiger partial charge on any atom is -0.497 e. The molecule has 306 valence electrons. The molecule has 0 fully saturated rings. The largest absolute Gasteiger partial charge is 0.497 e. The fourth-order valence-corrected chi connectivity index (χ4v) is 6.67. The Morgan fingerprint density at radius 2 is 0.950 bits per heavy atom. The molecule has 0 saturated heterocycles. The Morgan fingerprint density at radius 3 is 1.52 bits per heavy atom. The van der Waals surface area contributed by atoms with E-state index in [-0.39, 0.29) is 24.1 Å². The average Bonchev–Trinajstić information content (AvgIpc) is 3.25. The third-order valence-corrected chi connectivity index (χ3v) is 9.86. The lowest BCUT2D eigenvalue weighted by Gasteiger charge is -2.18. The smallest absolute Gasteiger partial charge is 0.374 e. The molecule has 8 nitrogen and oxygen atoms in total. The van der Waals surface area contributed by atoms with Crippen LogP contribution in [0.1, 0.15) is 76.5 Å². The van der Waals surface area contributed by atoms with Crippen molar-refractivity contribution >= 4 is 66.8 Å². The van der Waals surface area contributed by atoms with E-state index in [1.165, 1.54) is 6.92 Å². The van der Waals surface area contributed by atoms with E-state index < -0.39 is 17.9 Å². The molecule has 7 rings (SSSR count). The third-order valence-electron chi connectivity index (χ3n) is 9.86. The number of hydrogen-bond acceptors (Lipinski definition) is 8. The second-order valence-corrected chi connectivity index (χ2v) is 14.5. The highest BCUT2D eigenvalue weighted by Gasteiger charge is 2.20. The molecule has 3 atom stereocenters. The number of rotatable bonds is 10. The van der Waals surface area contributed by atoms with Crippen LogP contribution in [0, 0.1) is 0 Å². The zero-order valence-corrected chi connectivity index (χ0v) is 35.1. The van der Waals surface area contributed by atoms with Crippen LogP contribution < -0.4 is 4.74 Å². The van der Waals surface area contributed by atoms with E-state index in [9.17, 15) is 19.2 Å². The third kappa shape index (κ3) is 10.9. The number of ether oxygens (including phenoxy) is 4. The molecule has 0 saturated carbocycles. The number of benzene rings is 7. The van der Waals surface area contributed by atoms with Crippen LogP contribution in [0.3, 0.4) is 0 Å². The van der Waals surface area contributed by atoms with E-state index in [0.29, 0.717) is 11.1 Å². The van der Waals surface area contributed by atoms with Crippen LogP contribution in [0.2, 0.25) is 0 Å². The van der Waals surface area contributed by atoms with Gasteiger partial charge in [-0.25, -0.2) is 14.4 Å². The Hall–Kier alpha value is -7.06. The zero-order valence-electron chi connectivity index (χ0n) is 35.1. The molecular formula is C52H50O8. The van der Waals surface area contributed by atoms with Crippen molar-refractivity contribution in [2.45, 2.75) is 59.9 Å². The van der Waals surface area contributed by atoms with Gasteiger partial charge in [0.25, 0.3) is 0 Å². The second kappa shape index (κ2) is 20.1. The van der Waals surface area contributed by atoms with Crippen molar-refractivity contribution < 1.29 is 38.1 Å². The van der Waals surface area contributed by atoms with Gasteiger partial charge in [-0.1, -0.05) is 122 Å². The van der Waals surface area contributed by atoms with E-state index in [1.807, 2.05) is 141 Å². The highest BCUT2D eigenvalue weighted by Crippen LogP contribution is 2.34. The van der Waals surface area contributed by atoms with Gasteiger partial charge in [0.15, 0.2) is 0 Å². The lowest BCUT2D eigenvalue weighted by Crippen LogP contribution is -2.16. The molecule has 0 bridgehead atoms. The Bertz CT molecular complexity index is 2670. The lowest BCUT2D eigenvalue weighted by molar-refractivity contribution is -0.156. The Balaban J connectivity index is 0.000000172. The molecule has 0 aliphatic rings. The minimum absolute atomic E-state index is 0.278. The highest BCUT2D eigenvalue weighted by molar-refractivity contribution is 6.32. The Kier molecular flexibility index (Phi) is 14.7. The van der Waals surface area contributed by atoms with Crippen LogP contribution in [0.4, 0.5) is 0 Å². The summed E-state index contributed by atoms with van der Waals surface area (Å²) in [5, 5.41) is 8.67. The van der Waals surface area contributed by atoms with Gasteiger partial charge in [-0.05, 0) is 113 Å². The summed E-state index contributed by atoms with van der Waals surface area (Å²) in [7, 11) is 1.65. The van der Waals surface area contributed by atoms with Crippen LogP contribution in [-0.4, -0.2) is 30.8 Å². The summed E-state index contributed by atoms with van der Waals surface area (Å²) >= 11 is 0. The molecule has 7 aromatic carbocycles. The predicted molar refractivity (Wildman–Crippen MR) is 240 cm³/mol. The van der Waals surface area contributed by atoms with Crippen molar-refractivity contribution in [3.63, 3.8) is 0 Å². The van der Waals surface area contributed by atoms with Crippen LogP contribution in [0.25, 0.3) is 43.1 Å². The molecule has 0 aromatic heterocycles. The van der Waals surface area contributed by atoms with Crippen LogP contribution in [0.15, 0.2) is 158 Å². The van der Waals surface area contributed by atoms with E-state index in [1.54, 1.807) is 27.9 Å². The fourth-order valence-electron chi connectivity index (χ4n) is 6.67. The fraction of sp³-hybridized carbons (Fsp3) is 0.192. The summed E-state index contributed by atoms with van der Waals surface area (Å²) in [4.78, 5) is 45.9. The number of Topliss-reactive ketones (excluding diaryl/α,β-unsaturated/α-hetero) is 1. The molecule has 0 aliphatic heterocycles. The normalized spacial score (nSPS) is 12.1. The van der Waals surface area contributed by atoms with Crippen molar-refractivity contribution in [2.75, 3.05) is 7.11 Å². The molecule has 0 heterocycles. The van der Waals surface area contributed by atoms with E-state index in [2.05, 4.69) is 19.2 Å². The second-order valence-electron chi connectivity index (χ2n) is 14.5. The van der Waals surface area contributed by atoms with E-state index >= 15 is 0 Å². The lowest BCUT2D eigenvalue weighted by atomic mass is 9.94. The predicted octanol–water partition coefficient (Wildman–Crippen LogP) is 12.2. The van der Waals surface area contributed by atoms with Gasteiger partial charge < -0.3 is 18.9 Å². The molecule has 3 unspecified atom stereocenters. The summed E-state index contributed by atoms with van der Waals surface area (Å²) in [5.41, 5.74) is 3.73. The number of hydrogen-bond donors (Lipinski definition) is 0. The molecule has 0 amide bonds. The molecule has 7 aromatic rings. The first-order valence-corrected chi connectivity index (χ1v) is 19.6. The van der Waals surface area contributed by atoms with E-state index in [4.69, 9.17) is 18.9 Å². The summed E-state index contributed by atoms with van der Waals surface area (Å²) in [5.74, 6) is -1.28. The molecular weight excluding hydrogens is 753 g/mol. The summed E-state index contributed by atoms with van der Waals surface area (Å²) in [6.07, 6.45) is -1.07. The van der Waals surface area contributed by atoms with Gasteiger partial charge in [-0.2, -0.15) is 0 Å². The summed E-state index contributed by atoms with van der Waals surface area (Å²) in [6.45, 7) is 17.2. The SMILES string of the molecule is C=C(C)C(=O)OC(C)c1ccc2cc(OC)ccc2c1.C=C(C)C(=O)OC(C)c1cccc2ccccc12.CC(=O)C(=O)OC(C)c1c2ccccc2cc2ccccc12. The van der Waals surface area contributed by atoms with Crippen molar-refractivity contribution in [1.29, 1.82) is 0 Å². The van der Waals surface area contributed by atoms with Gasteiger partial charge in [0.05, 0.1) is 7.11 Å². The first-order chi connectivity index (χ1) is 28.7. The van der Waals surface area contributed by atoms with Crippen molar-refractivity contribution in [3.05, 3.63) is 174 Å². The van der Waals surface area contributed by atoms with E-state index in [0.717, 1.165) is 65.5 Å². The van der Waals surface area contributed by atoms with Crippen LogP contribution in [-0.2, 0) is 33.4 Å². The van der Waals surface area contributed by atoms with Crippen molar-refractivity contribution in [3.8, 4) is 5.75 Å². The van der Waals surface area contributed by atoms with Crippen LogP contribution in [0.5, 0.6) is 5.75 Å². The molecule has 0 N–H and O–H groups in total. The van der Waals surface area contributed by atoms with Gasteiger partial charge in [-0.3, -0.25) is 4.79 Å². The molecule has 0 aliphatic carbocycles. The number of carbonyl (C=O) groups is 4. The summed E-state index contributed by atoms with van der Waals surface area (Å²) < 4.78 is 21.2. The minimum atomic E-state index is -0.801. The molecule has 8 heteroatoms. The van der Waals surface area contributed by atoms with Gasteiger partial charge in [-0.15, -0.1) is 0 Å². The highest BCUT2D eigenvalue weighted by atomic mass is 16.6. The Morgan fingerprint density at radius 1 is 0.467 bits per heavy atom. The molecule has 0 spiro atoms. The maximum atomic E-state index is 11.6. The van der Waals surface area contributed by atoms with Crippen molar-refractivity contribution in [2.24, 2.45) is 0 Å². The average molecular weight is 803 g/mol. The van der Waals surface area contributed by atoms with Gasteiger partial charge in [0, 0.05) is 23.6 Å². The summed E-state index contributed by atoms with van der Waals surface area (Å²) in [6, 6.07) is 44.0.